The Hall–Kier alpha value is -2.28. The number of rotatable bonds is 6. The van der Waals surface area contributed by atoms with Crippen LogP contribution >= 0.6 is 0 Å². The number of amides is 1. The van der Waals surface area contributed by atoms with E-state index in [4.69, 9.17) is 9.47 Å². The molecule has 0 heterocycles. The van der Waals surface area contributed by atoms with Gasteiger partial charge in [-0.25, -0.2) is 4.79 Å². The van der Waals surface area contributed by atoms with E-state index >= 15 is 0 Å². The van der Waals surface area contributed by atoms with Gasteiger partial charge in [-0.2, -0.15) is 0 Å². The summed E-state index contributed by atoms with van der Waals surface area (Å²) in [6.07, 6.45) is -1.09. The molecule has 7 heteroatoms. The minimum absolute atomic E-state index is 0.216. The minimum Gasteiger partial charge on any atom is -0.497 e. The number of nitrogens with one attached hydrogen (secondary N) is 1. The highest BCUT2D eigenvalue weighted by atomic mass is 16.5. The molecule has 0 aromatic heterocycles. The van der Waals surface area contributed by atoms with Gasteiger partial charge in [0.2, 0.25) is 0 Å². The zero-order valence-corrected chi connectivity index (χ0v) is 12.4. The molecule has 0 spiro atoms. The summed E-state index contributed by atoms with van der Waals surface area (Å²) in [5.41, 5.74) is 0.216. The lowest BCUT2D eigenvalue weighted by Crippen LogP contribution is -2.48. The predicted octanol–water partition coefficient (Wildman–Crippen LogP) is 0.356. The molecule has 0 radical (unpaired) electrons. The van der Waals surface area contributed by atoms with Gasteiger partial charge in [0.1, 0.15) is 11.5 Å². The molecule has 1 aromatic carbocycles. The highest BCUT2D eigenvalue weighted by Gasteiger charge is 2.27. The van der Waals surface area contributed by atoms with Crippen LogP contribution in [0.5, 0.6) is 11.5 Å². The zero-order chi connectivity index (χ0) is 16.0. The van der Waals surface area contributed by atoms with Crippen LogP contribution in [0.1, 0.15) is 17.3 Å². The first-order chi connectivity index (χ1) is 9.94. The summed E-state index contributed by atoms with van der Waals surface area (Å²) in [5.74, 6) is -0.471. The molecule has 2 atom stereocenters. The van der Waals surface area contributed by atoms with Gasteiger partial charge >= 0.3 is 5.97 Å². The van der Waals surface area contributed by atoms with Crippen molar-refractivity contribution in [2.24, 2.45) is 0 Å². The Balaban J connectivity index is 3.00. The Morgan fingerprint density at radius 1 is 1.19 bits per heavy atom. The number of carbonyl (C=O) groups excluding carboxylic acids is 2. The van der Waals surface area contributed by atoms with Crippen LogP contribution in [-0.4, -0.2) is 50.5 Å². The van der Waals surface area contributed by atoms with Crippen LogP contribution in [0.3, 0.4) is 0 Å². The Labute approximate surface area is 122 Å². The monoisotopic (exact) mass is 297 g/mol. The third-order valence-corrected chi connectivity index (χ3v) is 2.88. The maximum absolute atomic E-state index is 12.2. The average Bonchev–Trinajstić information content (AvgIpc) is 2.50. The number of ether oxygens (including phenoxy) is 3. The number of methoxy groups -OCH3 is 3. The fourth-order valence-corrected chi connectivity index (χ4v) is 1.71. The summed E-state index contributed by atoms with van der Waals surface area (Å²) in [7, 11) is 4.09. The van der Waals surface area contributed by atoms with E-state index in [1.54, 1.807) is 12.1 Å². The second-order valence-electron chi connectivity index (χ2n) is 4.28. The van der Waals surface area contributed by atoms with Gasteiger partial charge in [0.15, 0.2) is 6.04 Å². The van der Waals surface area contributed by atoms with Crippen LogP contribution in [0, 0.1) is 0 Å². The van der Waals surface area contributed by atoms with Gasteiger partial charge in [-0.15, -0.1) is 0 Å². The van der Waals surface area contributed by atoms with E-state index in [-0.39, 0.29) is 5.56 Å². The first kappa shape index (κ1) is 16.8. The SMILES string of the molecule is COC(=O)[C@@H](NC(=O)c1ccc(OC)cc1OC)[C@@H](C)O. The van der Waals surface area contributed by atoms with Crippen molar-refractivity contribution in [3.8, 4) is 11.5 Å². The predicted molar refractivity (Wildman–Crippen MR) is 74.5 cm³/mol. The van der Waals surface area contributed by atoms with Crippen molar-refractivity contribution in [3.05, 3.63) is 23.8 Å². The summed E-state index contributed by atoms with van der Waals surface area (Å²) in [6.45, 7) is 1.38. The standard InChI is InChI=1S/C14H19NO6/c1-8(16)12(14(18)21-4)15-13(17)10-6-5-9(19-2)7-11(10)20-3/h5-8,12,16H,1-4H3,(H,15,17)/t8-,12+/m1/s1. The van der Waals surface area contributed by atoms with Crippen LogP contribution in [0.2, 0.25) is 0 Å². The maximum Gasteiger partial charge on any atom is 0.331 e. The van der Waals surface area contributed by atoms with Crippen LogP contribution in [0.4, 0.5) is 0 Å². The first-order valence-electron chi connectivity index (χ1n) is 6.23. The fourth-order valence-electron chi connectivity index (χ4n) is 1.71. The van der Waals surface area contributed by atoms with Gasteiger partial charge in [-0.1, -0.05) is 0 Å². The first-order valence-corrected chi connectivity index (χ1v) is 6.23. The van der Waals surface area contributed by atoms with Gasteiger partial charge in [0.05, 0.1) is 33.0 Å². The topological polar surface area (TPSA) is 94.1 Å². The lowest BCUT2D eigenvalue weighted by molar-refractivity contribution is -0.145. The summed E-state index contributed by atoms with van der Waals surface area (Å²) in [5, 5.41) is 12.0. The molecule has 0 aliphatic heterocycles. The molecule has 2 N–H and O–H groups in total. The van der Waals surface area contributed by atoms with Crippen molar-refractivity contribution in [2.75, 3.05) is 21.3 Å². The third kappa shape index (κ3) is 4.09. The van der Waals surface area contributed by atoms with Gasteiger partial charge < -0.3 is 24.6 Å². The molecule has 1 aromatic rings. The average molecular weight is 297 g/mol. The fraction of sp³-hybridized carbons (Fsp3) is 0.429. The highest BCUT2D eigenvalue weighted by molar-refractivity contribution is 5.99. The van der Waals surface area contributed by atoms with Crippen molar-refractivity contribution >= 4 is 11.9 Å². The molecule has 0 saturated heterocycles. The van der Waals surface area contributed by atoms with Crippen LogP contribution in [0.25, 0.3) is 0 Å². The van der Waals surface area contributed by atoms with E-state index in [0.29, 0.717) is 11.5 Å². The Bertz CT molecular complexity index is 514. The number of hydrogen-bond donors (Lipinski definition) is 2. The molecule has 1 amide bonds. The number of benzene rings is 1. The van der Waals surface area contributed by atoms with E-state index in [1.807, 2.05) is 0 Å². The van der Waals surface area contributed by atoms with Gasteiger partial charge in [-0.3, -0.25) is 4.79 Å². The lowest BCUT2D eigenvalue weighted by Gasteiger charge is -2.19. The molecule has 1 rings (SSSR count). The maximum atomic E-state index is 12.2. The van der Waals surface area contributed by atoms with Gasteiger partial charge in [0.25, 0.3) is 5.91 Å². The van der Waals surface area contributed by atoms with Gasteiger partial charge in [-0.05, 0) is 19.1 Å². The summed E-state index contributed by atoms with van der Waals surface area (Å²) in [4.78, 5) is 23.7. The molecule has 0 aliphatic rings. The normalized spacial score (nSPS) is 13.0. The summed E-state index contributed by atoms with van der Waals surface area (Å²) >= 11 is 0. The molecule has 0 saturated carbocycles. The molecule has 21 heavy (non-hydrogen) atoms. The second-order valence-corrected chi connectivity index (χ2v) is 4.28. The molecule has 0 bridgehead atoms. The lowest BCUT2D eigenvalue weighted by atomic mass is 10.1. The Morgan fingerprint density at radius 2 is 1.86 bits per heavy atom. The Morgan fingerprint density at radius 3 is 2.33 bits per heavy atom. The zero-order valence-electron chi connectivity index (χ0n) is 12.4. The van der Waals surface area contributed by atoms with Crippen LogP contribution < -0.4 is 14.8 Å². The molecule has 0 unspecified atom stereocenters. The quantitative estimate of drug-likeness (QED) is 0.736. The minimum atomic E-state index is -1.16. The number of aliphatic hydroxyl groups is 1. The number of hydrogen-bond acceptors (Lipinski definition) is 6. The second kappa shape index (κ2) is 7.49. The third-order valence-electron chi connectivity index (χ3n) is 2.88. The Kier molecular flexibility index (Phi) is 5.98. The van der Waals surface area contributed by atoms with E-state index in [9.17, 15) is 14.7 Å². The number of esters is 1. The van der Waals surface area contributed by atoms with Crippen molar-refractivity contribution in [1.82, 2.24) is 5.32 Å². The van der Waals surface area contributed by atoms with Crippen molar-refractivity contribution in [3.63, 3.8) is 0 Å². The largest absolute Gasteiger partial charge is 0.497 e. The van der Waals surface area contributed by atoms with Crippen LogP contribution in [0.15, 0.2) is 18.2 Å². The van der Waals surface area contributed by atoms with E-state index in [1.165, 1.54) is 34.3 Å². The van der Waals surface area contributed by atoms with Crippen molar-refractivity contribution in [1.29, 1.82) is 0 Å². The van der Waals surface area contributed by atoms with E-state index in [2.05, 4.69) is 10.1 Å². The van der Waals surface area contributed by atoms with E-state index in [0.717, 1.165) is 0 Å². The molecule has 0 aliphatic carbocycles. The van der Waals surface area contributed by atoms with Crippen LogP contribution in [-0.2, 0) is 9.53 Å². The summed E-state index contributed by atoms with van der Waals surface area (Å²) in [6, 6.07) is 3.48. The van der Waals surface area contributed by atoms with E-state index < -0.39 is 24.0 Å². The van der Waals surface area contributed by atoms with Gasteiger partial charge in [0, 0.05) is 6.07 Å². The molecule has 116 valence electrons. The molecular weight excluding hydrogens is 278 g/mol. The highest BCUT2D eigenvalue weighted by Crippen LogP contribution is 2.24. The van der Waals surface area contributed by atoms with Crippen molar-refractivity contribution < 1.29 is 28.9 Å². The number of carbonyl (C=O) groups is 2. The number of aliphatic hydroxyl groups excluding tert-OH is 1. The summed E-state index contributed by atoms with van der Waals surface area (Å²) < 4.78 is 14.7. The van der Waals surface area contributed by atoms with Crippen molar-refractivity contribution in [2.45, 2.75) is 19.1 Å². The smallest absolute Gasteiger partial charge is 0.331 e. The molecule has 7 nitrogen and oxygen atoms in total. The molecule has 0 fully saturated rings. The molecular formula is C14H19NO6.